The Hall–Kier alpha value is -3.20. The summed E-state index contributed by atoms with van der Waals surface area (Å²) in [6.45, 7) is 15.2. The molecular weight excluding hydrogens is 547 g/mol. The summed E-state index contributed by atoms with van der Waals surface area (Å²) in [5.74, 6) is 0.388. The van der Waals surface area contributed by atoms with Crippen molar-refractivity contribution in [2.75, 3.05) is 12.9 Å². The first kappa shape index (κ1) is 29.3. The summed E-state index contributed by atoms with van der Waals surface area (Å²) >= 11 is 1.47. The van der Waals surface area contributed by atoms with E-state index in [2.05, 4.69) is 93.0 Å². The second-order valence-corrected chi connectivity index (χ2v) is 16.7. The number of nitrogens with zero attached hydrogens (tertiary/aromatic N) is 3. The Labute approximate surface area is 248 Å². The van der Waals surface area contributed by atoms with E-state index in [9.17, 15) is 4.79 Å². The van der Waals surface area contributed by atoms with E-state index < -0.39 is 8.32 Å². The van der Waals surface area contributed by atoms with Crippen molar-refractivity contribution >= 4 is 47.2 Å². The molecule has 5 rings (SSSR count). The number of rotatable bonds is 9. The fourth-order valence-corrected chi connectivity index (χ4v) is 11.2. The van der Waals surface area contributed by atoms with E-state index in [0.717, 1.165) is 23.8 Å². The number of ether oxygens (including phenoxy) is 1. The van der Waals surface area contributed by atoms with Crippen LogP contribution >= 0.6 is 11.8 Å². The van der Waals surface area contributed by atoms with Crippen LogP contribution in [0.15, 0.2) is 83.4 Å². The highest BCUT2D eigenvalue weighted by Crippen LogP contribution is 2.43. The van der Waals surface area contributed by atoms with Gasteiger partial charge < -0.3 is 9.16 Å². The van der Waals surface area contributed by atoms with Crippen LogP contribution in [-0.2, 0) is 9.16 Å². The number of thioether (sulfide) groups is 1. The van der Waals surface area contributed by atoms with Gasteiger partial charge in [0.25, 0.3) is 13.9 Å². The molecule has 1 aliphatic carbocycles. The second-order valence-electron chi connectivity index (χ2n) is 11.7. The summed E-state index contributed by atoms with van der Waals surface area (Å²) in [5, 5.41) is 3.88. The smallest absolute Gasteiger partial charge is 0.263 e. The number of hydrogen-bond acceptors (Lipinski definition) is 6. The molecule has 2 heterocycles. The lowest BCUT2D eigenvalue weighted by molar-refractivity contribution is 0.0616. The first-order valence-electron chi connectivity index (χ1n) is 14.2. The molecule has 0 spiro atoms. The van der Waals surface area contributed by atoms with Crippen LogP contribution in [0, 0.1) is 6.92 Å². The average molecular weight is 586 g/mol. The van der Waals surface area contributed by atoms with Crippen molar-refractivity contribution in [3.8, 4) is 0 Å². The summed E-state index contributed by atoms with van der Waals surface area (Å²) < 4.78 is 14.9. The van der Waals surface area contributed by atoms with E-state index in [0.29, 0.717) is 28.7 Å². The number of aromatic nitrogens is 3. The fourth-order valence-electron chi connectivity index (χ4n) is 6.12. The maximum atomic E-state index is 14.1. The maximum absolute atomic E-state index is 14.1. The van der Waals surface area contributed by atoms with Crippen molar-refractivity contribution in [2.45, 2.75) is 69.8 Å². The molecule has 2 aromatic heterocycles. The number of benzene rings is 2. The van der Waals surface area contributed by atoms with Crippen LogP contribution in [0.25, 0.3) is 16.8 Å². The number of fused-ring (bicyclic) bond motifs is 1. The van der Waals surface area contributed by atoms with Gasteiger partial charge in [0.1, 0.15) is 11.4 Å². The van der Waals surface area contributed by atoms with Gasteiger partial charge >= 0.3 is 0 Å². The van der Waals surface area contributed by atoms with E-state index in [-0.39, 0.29) is 22.7 Å². The van der Waals surface area contributed by atoms with Crippen molar-refractivity contribution in [3.63, 3.8) is 0 Å². The minimum atomic E-state index is -2.69. The Morgan fingerprint density at radius 3 is 2.17 bits per heavy atom. The van der Waals surface area contributed by atoms with Crippen molar-refractivity contribution in [1.82, 2.24) is 14.5 Å². The third-order valence-corrected chi connectivity index (χ3v) is 13.8. The van der Waals surface area contributed by atoms with Crippen LogP contribution in [0.3, 0.4) is 0 Å². The molecule has 0 unspecified atom stereocenters. The summed E-state index contributed by atoms with van der Waals surface area (Å²) in [7, 11) is -2.69. The van der Waals surface area contributed by atoms with Crippen LogP contribution in [0.4, 0.5) is 0 Å². The largest absolute Gasteiger partial charge is 0.494 e. The third kappa shape index (κ3) is 5.17. The topological polar surface area (TPSA) is 66.2 Å². The molecule has 1 fully saturated rings. The summed E-state index contributed by atoms with van der Waals surface area (Å²) in [6.07, 6.45) is 5.22. The predicted octanol–water partition coefficient (Wildman–Crippen LogP) is 6.11. The Balaban J connectivity index is 1.57. The second kappa shape index (κ2) is 11.6. The van der Waals surface area contributed by atoms with Gasteiger partial charge in [-0.1, -0.05) is 99.8 Å². The monoisotopic (exact) mass is 585 g/mol. The van der Waals surface area contributed by atoms with Crippen molar-refractivity contribution in [2.24, 2.45) is 0 Å². The lowest BCUT2D eigenvalue weighted by atomic mass is 9.88. The van der Waals surface area contributed by atoms with E-state index in [1.54, 1.807) is 0 Å². The van der Waals surface area contributed by atoms with Crippen LogP contribution in [0.2, 0.25) is 5.04 Å². The van der Waals surface area contributed by atoms with Crippen LogP contribution < -0.4 is 15.9 Å². The average Bonchev–Trinajstić information content (AvgIpc) is 2.94. The molecular formula is C33H39N3O3SSi. The zero-order valence-corrected chi connectivity index (χ0v) is 26.6. The first-order chi connectivity index (χ1) is 19.6. The van der Waals surface area contributed by atoms with Crippen molar-refractivity contribution < 1.29 is 9.16 Å². The standard InChI is InChI=1S/C33H39N3O3SSi/c1-8-38-23(3)29-22(2)28-21-34-32(40-7)35-30(28)36(31(29)37)24-19-25(20-24)39-41(33(4,5)6,26-15-11-9-12-16-26)27-17-13-10-14-18-27/h9-18,21,24-25H,3,8,19-20H2,1-2,4-7H3/t24-,25-. The van der Waals surface area contributed by atoms with Gasteiger partial charge in [-0.2, -0.15) is 0 Å². The molecule has 8 heteroatoms. The van der Waals surface area contributed by atoms with Gasteiger partial charge in [-0.15, -0.1) is 0 Å². The highest BCUT2D eigenvalue weighted by molar-refractivity contribution is 7.98. The van der Waals surface area contributed by atoms with Crippen LogP contribution in [0.5, 0.6) is 0 Å². The molecule has 2 aromatic carbocycles. The van der Waals surface area contributed by atoms with Gasteiger partial charge in [0, 0.05) is 23.7 Å². The molecule has 1 aliphatic rings. The predicted molar refractivity (Wildman–Crippen MR) is 172 cm³/mol. The third-order valence-electron chi connectivity index (χ3n) is 8.16. The zero-order valence-electron chi connectivity index (χ0n) is 24.8. The minimum absolute atomic E-state index is 0.00922. The normalized spacial score (nSPS) is 17.3. The van der Waals surface area contributed by atoms with Gasteiger partial charge in [-0.3, -0.25) is 9.36 Å². The molecule has 6 nitrogen and oxygen atoms in total. The Morgan fingerprint density at radius 2 is 1.66 bits per heavy atom. The van der Waals surface area contributed by atoms with Crippen molar-refractivity contribution in [3.05, 3.63) is 94.9 Å². The summed E-state index contributed by atoms with van der Waals surface area (Å²) in [5.41, 5.74) is 1.84. The molecule has 1 saturated carbocycles. The summed E-state index contributed by atoms with van der Waals surface area (Å²) in [4.78, 5) is 23.4. The van der Waals surface area contributed by atoms with Gasteiger partial charge in [0.15, 0.2) is 5.16 Å². The highest BCUT2D eigenvalue weighted by atomic mass is 32.2. The quantitative estimate of drug-likeness (QED) is 0.102. The Morgan fingerprint density at radius 1 is 1.07 bits per heavy atom. The van der Waals surface area contributed by atoms with Gasteiger partial charge in [0.2, 0.25) is 0 Å². The first-order valence-corrected chi connectivity index (χ1v) is 17.3. The highest BCUT2D eigenvalue weighted by Gasteiger charge is 2.53. The number of pyridine rings is 1. The molecule has 4 aromatic rings. The van der Waals surface area contributed by atoms with E-state index >= 15 is 0 Å². The van der Waals surface area contributed by atoms with Gasteiger partial charge in [0.05, 0.1) is 12.2 Å². The molecule has 0 atom stereocenters. The SMILES string of the molecule is C=C(OCC)c1c(C)c2cnc(SC)nc2n([C@H]2C[C@H](O[Si](c3ccccc3)(c3ccccc3)C(C)(C)C)C2)c1=O. The van der Waals surface area contributed by atoms with E-state index in [4.69, 9.17) is 14.1 Å². The van der Waals surface area contributed by atoms with E-state index in [1.165, 1.54) is 22.1 Å². The minimum Gasteiger partial charge on any atom is -0.494 e. The zero-order chi connectivity index (χ0) is 29.4. The molecule has 0 N–H and O–H groups in total. The molecule has 0 aliphatic heterocycles. The molecule has 41 heavy (non-hydrogen) atoms. The number of hydrogen-bond donors (Lipinski definition) is 0. The van der Waals surface area contributed by atoms with Gasteiger partial charge in [-0.25, -0.2) is 9.97 Å². The lowest BCUT2D eigenvalue weighted by Gasteiger charge is -2.49. The molecule has 0 amide bonds. The molecule has 0 bridgehead atoms. The maximum Gasteiger partial charge on any atom is 0.263 e. The summed E-state index contributed by atoms with van der Waals surface area (Å²) in [6, 6.07) is 21.3. The molecule has 0 radical (unpaired) electrons. The lowest BCUT2D eigenvalue weighted by Crippen LogP contribution is -2.68. The Bertz CT molecular complexity index is 1570. The Kier molecular flexibility index (Phi) is 8.28. The van der Waals surface area contributed by atoms with Crippen molar-refractivity contribution in [1.29, 1.82) is 0 Å². The molecule has 214 valence electrons. The van der Waals surface area contributed by atoms with Crippen LogP contribution in [-0.4, -0.2) is 41.8 Å². The van der Waals surface area contributed by atoms with Crippen LogP contribution in [0.1, 0.15) is 57.7 Å². The molecule has 0 saturated heterocycles. The number of aryl methyl sites for hydroxylation is 1. The fraction of sp³-hybridized carbons (Fsp3) is 0.364. The van der Waals surface area contributed by atoms with Gasteiger partial charge in [-0.05, 0) is 53.9 Å². The van der Waals surface area contributed by atoms with E-state index in [1.807, 2.05) is 30.9 Å².